The number of methoxy groups -OCH3 is 2. The summed E-state index contributed by atoms with van der Waals surface area (Å²) >= 11 is 3.73. The molecule has 2 saturated heterocycles. The number of hydrazine groups is 1. The van der Waals surface area contributed by atoms with E-state index in [1.165, 1.54) is 0 Å². The van der Waals surface area contributed by atoms with Gasteiger partial charge < -0.3 is 14.4 Å². The minimum atomic E-state index is -0.278. The molecule has 0 radical (unpaired) electrons. The molecule has 0 spiro atoms. The van der Waals surface area contributed by atoms with Crippen LogP contribution in [0.3, 0.4) is 0 Å². The van der Waals surface area contributed by atoms with Crippen molar-refractivity contribution in [2.45, 2.75) is 49.6 Å². The van der Waals surface area contributed by atoms with E-state index in [0.717, 1.165) is 36.4 Å². The van der Waals surface area contributed by atoms with Crippen LogP contribution in [-0.2, 0) is 4.79 Å². The Morgan fingerprint density at radius 2 is 2.04 bits per heavy atom. The van der Waals surface area contributed by atoms with Gasteiger partial charge in [0.15, 0.2) is 0 Å². The SMILES string of the molecule is COc1ccc(OC)c(C2CCCN2C(=O)C2NNC(C(C)C)C2Br)c1. The van der Waals surface area contributed by atoms with E-state index in [9.17, 15) is 4.79 Å². The fourth-order valence-electron chi connectivity index (χ4n) is 3.92. The maximum Gasteiger partial charge on any atom is 0.242 e. The number of hydrogen-bond acceptors (Lipinski definition) is 5. The summed E-state index contributed by atoms with van der Waals surface area (Å²) in [6, 6.07) is 5.72. The fourth-order valence-corrected chi connectivity index (χ4v) is 5.02. The van der Waals surface area contributed by atoms with E-state index < -0.39 is 0 Å². The zero-order valence-electron chi connectivity index (χ0n) is 15.8. The second kappa shape index (κ2) is 8.15. The first kappa shape index (κ1) is 19.5. The van der Waals surface area contributed by atoms with Gasteiger partial charge in [-0.25, -0.2) is 5.43 Å². The number of amides is 1. The summed E-state index contributed by atoms with van der Waals surface area (Å²) in [4.78, 5) is 15.3. The third-order valence-corrected chi connectivity index (χ3v) is 6.48. The summed E-state index contributed by atoms with van der Waals surface area (Å²) in [5.74, 6) is 2.12. The Morgan fingerprint density at radius 3 is 2.65 bits per heavy atom. The van der Waals surface area contributed by atoms with E-state index in [1.54, 1.807) is 14.2 Å². The van der Waals surface area contributed by atoms with Crippen molar-refractivity contribution in [1.29, 1.82) is 0 Å². The summed E-state index contributed by atoms with van der Waals surface area (Å²) < 4.78 is 10.9. The van der Waals surface area contributed by atoms with Crippen LogP contribution in [0.4, 0.5) is 0 Å². The molecular formula is C19H28BrN3O3. The van der Waals surface area contributed by atoms with Gasteiger partial charge in [-0.3, -0.25) is 10.2 Å². The normalized spacial score (nSPS) is 28.6. The van der Waals surface area contributed by atoms with E-state index in [0.29, 0.717) is 5.92 Å². The average molecular weight is 426 g/mol. The van der Waals surface area contributed by atoms with Crippen molar-refractivity contribution in [2.75, 3.05) is 20.8 Å². The number of halogens is 1. The van der Waals surface area contributed by atoms with E-state index in [4.69, 9.17) is 9.47 Å². The molecule has 2 heterocycles. The van der Waals surface area contributed by atoms with E-state index in [2.05, 4.69) is 40.6 Å². The quantitative estimate of drug-likeness (QED) is 0.709. The first-order valence-corrected chi connectivity index (χ1v) is 10.1. The van der Waals surface area contributed by atoms with Gasteiger partial charge in [0, 0.05) is 18.2 Å². The standard InChI is InChI=1S/C19H28BrN3O3/c1-11(2)17-16(20)18(22-21-17)19(24)23-9-5-6-14(23)13-10-12(25-3)7-8-15(13)26-4/h7-8,10-11,14,16-18,21-22H,5-6,9H2,1-4H3. The number of likely N-dealkylation sites (tertiary alicyclic amines) is 1. The highest BCUT2D eigenvalue weighted by atomic mass is 79.9. The second-order valence-electron chi connectivity index (χ2n) is 7.28. The van der Waals surface area contributed by atoms with Gasteiger partial charge in [-0.1, -0.05) is 29.8 Å². The van der Waals surface area contributed by atoms with Crippen LogP contribution < -0.4 is 20.3 Å². The van der Waals surface area contributed by atoms with Crippen molar-refractivity contribution < 1.29 is 14.3 Å². The smallest absolute Gasteiger partial charge is 0.242 e. The Kier molecular flexibility index (Phi) is 6.10. The number of hydrogen-bond donors (Lipinski definition) is 2. The summed E-state index contributed by atoms with van der Waals surface area (Å²) in [6.07, 6.45) is 1.91. The maximum absolute atomic E-state index is 13.3. The molecule has 2 aliphatic heterocycles. The summed E-state index contributed by atoms with van der Waals surface area (Å²) in [5, 5.41) is 0. The van der Waals surface area contributed by atoms with Crippen LogP contribution in [-0.4, -0.2) is 48.5 Å². The maximum atomic E-state index is 13.3. The first-order chi connectivity index (χ1) is 12.5. The highest BCUT2D eigenvalue weighted by Gasteiger charge is 2.44. The van der Waals surface area contributed by atoms with Gasteiger partial charge in [0.05, 0.1) is 25.1 Å². The molecule has 7 heteroatoms. The average Bonchev–Trinajstić information content (AvgIpc) is 3.27. The van der Waals surface area contributed by atoms with Crippen molar-refractivity contribution >= 4 is 21.8 Å². The second-order valence-corrected chi connectivity index (χ2v) is 8.34. The van der Waals surface area contributed by atoms with E-state index in [1.807, 2.05) is 23.1 Å². The van der Waals surface area contributed by atoms with Crippen LogP contribution in [0.1, 0.15) is 38.3 Å². The lowest BCUT2D eigenvalue weighted by molar-refractivity contribution is -0.134. The number of alkyl halides is 1. The van der Waals surface area contributed by atoms with Crippen LogP contribution in [0, 0.1) is 5.92 Å². The molecule has 2 fully saturated rings. The molecule has 0 aromatic heterocycles. The number of nitrogens with zero attached hydrogens (tertiary/aromatic N) is 1. The topological polar surface area (TPSA) is 62.8 Å². The van der Waals surface area contributed by atoms with Crippen LogP contribution in [0.25, 0.3) is 0 Å². The van der Waals surface area contributed by atoms with Gasteiger partial charge in [-0.05, 0) is 37.0 Å². The molecule has 4 atom stereocenters. The molecule has 0 saturated carbocycles. The number of ether oxygens (including phenoxy) is 2. The third kappa shape index (κ3) is 3.57. The highest BCUT2D eigenvalue weighted by molar-refractivity contribution is 9.09. The molecule has 2 N–H and O–H groups in total. The lowest BCUT2D eigenvalue weighted by Crippen LogP contribution is -2.47. The first-order valence-electron chi connectivity index (χ1n) is 9.15. The molecule has 2 aliphatic rings. The molecule has 4 unspecified atom stereocenters. The monoisotopic (exact) mass is 425 g/mol. The Bertz CT molecular complexity index is 655. The summed E-state index contributed by atoms with van der Waals surface area (Å²) in [7, 11) is 3.31. The van der Waals surface area contributed by atoms with Crippen molar-refractivity contribution in [3.63, 3.8) is 0 Å². The Balaban J connectivity index is 1.84. The molecule has 26 heavy (non-hydrogen) atoms. The van der Waals surface area contributed by atoms with Crippen LogP contribution >= 0.6 is 15.9 Å². The van der Waals surface area contributed by atoms with Gasteiger partial charge in [0.25, 0.3) is 0 Å². The number of carbonyl (C=O) groups is 1. The molecule has 1 amide bonds. The van der Waals surface area contributed by atoms with Crippen molar-refractivity contribution in [3.8, 4) is 11.5 Å². The van der Waals surface area contributed by atoms with E-state index in [-0.39, 0.29) is 28.9 Å². The van der Waals surface area contributed by atoms with Gasteiger partial charge in [0.2, 0.25) is 5.91 Å². The number of benzene rings is 1. The van der Waals surface area contributed by atoms with Crippen molar-refractivity contribution in [3.05, 3.63) is 23.8 Å². The van der Waals surface area contributed by atoms with Gasteiger partial charge in [-0.15, -0.1) is 0 Å². The lowest BCUT2D eigenvalue weighted by atomic mass is 9.98. The molecule has 1 aromatic carbocycles. The Hall–Kier alpha value is -1.31. The predicted molar refractivity (Wildman–Crippen MR) is 105 cm³/mol. The predicted octanol–water partition coefficient (Wildman–Crippen LogP) is 2.63. The van der Waals surface area contributed by atoms with Gasteiger partial charge >= 0.3 is 0 Å². The van der Waals surface area contributed by atoms with Crippen molar-refractivity contribution in [1.82, 2.24) is 15.8 Å². The molecule has 0 aliphatic carbocycles. The largest absolute Gasteiger partial charge is 0.497 e. The zero-order chi connectivity index (χ0) is 18.8. The van der Waals surface area contributed by atoms with Crippen molar-refractivity contribution in [2.24, 2.45) is 5.92 Å². The summed E-state index contributed by atoms with van der Waals surface area (Å²) in [5.41, 5.74) is 7.47. The minimum Gasteiger partial charge on any atom is -0.497 e. The molecule has 3 rings (SSSR count). The fraction of sp³-hybridized carbons (Fsp3) is 0.632. The molecule has 0 bridgehead atoms. The Labute approximate surface area is 163 Å². The number of carbonyl (C=O) groups excluding carboxylic acids is 1. The minimum absolute atomic E-state index is 0.00662. The van der Waals surface area contributed by atoms with Crippen LogP contribution in [0.5, 0.6) is 11.5 Å². The zero-order valence-corrected chi connectivity index (χ0v) is 17.4. The summed E-state index contributed by atoms with van der Waals surface area (Å²) in [6.45, 7) is 5.06. The Morgan fingerprint density at radius 1 is 1.27 bits per heavy atom. The molecule has 1 aromatic rings. The van der Waals surface area contributed by atoms with E-state index >= 15 is 0 Å². The number of nitrogens with one attached hydrogen (secondary N) is 2. The molecular weight excluding hydrogens is 398 g/mol. The van der Waals surface area contributed by atoms with Gasteiger partial charge in [-0.2, -0.15) is 0 Å². The molecule has 6 nitrogen and oxygen atoms in total. The lowest BCUT2D eigenvalue weighted by Gasteiger charge is -2.30. The highest BCUT2D eigenvalue weighted by Crippen LogP contribution is 2.39. The van der Waals surface area contributed by atoms with Crippen LogP contribution in [0.2, 0.25) is 0 Å². The van der Waals surface area contributed by atoms with Gasteiger partial charge in [0.1, 0.15) is 17.5 Å². The molecule has 144 valence electrons. The number of rotatable bonds is 5. The van der Waals surface area contributed by atoms with Crippen LogP contribution in [0.15, 0.2) is 18.2 Å². The third-order valence-electron chi connectivity index (χ3n) is 5.38.